The first-order valence-corrected chi connectivity index (χ1v) is 7.44. The van der Waals surface area contributed by atoms with Gasteiger partial charge in [0.05, 0.1) is 17.4 Å². The number of amides is 2. The number of furan rings is 1. The van der Waals surface area contributed by atoms with E-state index in [0.29, 0.717) is 24.3 Å². The number of nitro benzene ring substituents is 1. The Kier molecular flexibility index (Phi) is 6.40. The number of carbonyl (C=O) groups is 2. The minimum Gasteiger partial charge on any atom is -0.463 e. The topological polar surface area (TPSA) is 127 Å². The van der Waals surface area contributed by atoms with Gasteiger partial charge >= 0.3 is 0 Å². The van der Waals surface area contributed by atoms with Crippen LogP contribution >= 0.6 is 0 Å². The van der Waals surface area contributed by atoms with Crippen LogP contribution in [0.15, 0.2) is 52.2 Å². The lowest BCUT2D eigenvalue weighted by molar-refractivity contribution is -0.384. The molecule has 9 nitrogen and oxygen atoms in total. The van der Waals surface area contributed by atoms with Gasteiger partial charge in [-0.25, -0.2) is 5.43 Å². The molecule has 0 saturated carbocycles. The van der Waals surface area contributed by atoms with Crippen molar-refractivity contribution < 1.29 is 18.9 Å². The smallest absolute Gasteiger partial charge is 0.269 e. The highest BCUT2D eigenvalue weighted by molar-refractivity contribution is 5.94. The van der Waals surface area contributed by atoms with Crippen molar-refractivity contribution in [1.82, 2.24) is 10.7 Å². The Labute approximate surface area is 142 Å². The molecule has 0 spiro atoms. The van der Waals surface area contributed by atoms with Gasteiger partial charge in [-0.1, -0.05) is 0 Å². The SMILES string of the molecule is O=C(CCCNC(=O)c1ccc([N+](=O)[O-])cc1)NN=Cc1ccco1. The number of benzene rings is 1. The van der Waals surface area contributed by atoms with Gasteiger partial charge in [-0.15, -0.1) is 0 Å². The molecule has 0 aliphatic heterocycles. The monoisotopic (exact) mass is 344 g/mol. The number of non-ortho nitro benzene ring substituents is 1. The van der Waals surface area contributed by atoms with E-state index in [9.17, 15) is 19.7 Å². The van der Waals surface area contributed by atoms with Gasteiger partial charge in [0.2, 0.25) is 5.91 Å². The number of nitro groups is 1. The molecule has 0 unspecified atom stereocenters. The van der Waals surface area contributed by atoms with E-state index < -0.39 is 4.92 Å². The number of nitrogens with zero attached hydrogens (tertiary/aromatic N) is 2. The Bertz CT molecular complexity index is 753. The van der Waals surface area contributed by atoms with Crippen LogP contribution in [0, 0.1) is 10.1 Å². The van der Waals surface area contributed by atoms with E-state index in [0.717, 1.165) is 0 Å². The first kappa shape index (κ1) is 17.9. The predicted molar refractivity (Wildman–Crippen MR) is 89.1 cm³/mol. The first-order chi connectivity index (χ1) is 12.1. The van der Waals surface area contributed by atoms with Gasteiger partial charge in [0.1, 0.15) is 5.76 Å². The molecule has 130 valence electrons. The maximum atomic E-state index is 11.9. The molecule has 25 heavy (non-hydrogen) atoms. The normalized spacial score (nSPS) is 10.6. The molecule has 2 rings (SSSR count). The number of nitrogens with one attached hydrogen (secondary N) is 2. The molecule has 9 heteroatoms. The van der Waals surface area contributed by atoms with Crippen LogP contribution < -0.4 is 10.7 Å². The fourth-order valence-electron chi connectivity index (χ4n) is 1.88. The summed E-state index contributed by atoms with van der Waals surface area (Å²) in [5, 5.41) is 16.9. The zero-order chi connectivity index (χ0) is 18.1. The van der Waals surface area contributed by atoms with Gasteiger partial charge in [0, 0.05) is 30.7 Å². The van der Waals surface area contributed by atoms with E-state index in [1.165, 1.54) is 36.7 Å². The molecule has 1 heterocycles. The second-order valence-electron chi connectivity index (χ2n) is 4.97. The average Bonchev–Trinajstić information content (AvgIpc) is 3.12. The van der Waals surface area contributed by atoms with Gasteiger partial charge in [-0.05, 0) is 30.7 Å². The highest BCUT2D eigenvalue weighted by Crippen LogP contribution is 2.11. The summed E-state index contributed by atoms with van der Waals surface area (Å²) < 4.78 is 5.02. The molecule has 0 aliphatic carbocycles. The molecule has 0 radical (unpaired) electrons. The molecule has 2 N–H and O–H groups in total. The van der Waals surface area contributed by atoms with Gasteiger partial charge in [-0.2, -0.15) is 5.10 Å². The van der Waals surface area contributed by atoms with E-state index in [4.69, 9.17) is 4.42 Å². The second kappa shape index (κ2) is 8.96. The fourth-order valence-corrected chi connectivity index (χ4v) is 1.88. The molecule has 0 atom stereocenters. The van der Waals surface area contributed by atoms with Crippen molar-refractivity contribution in [2.75, 3.05) is 6.54 Å². The van der Waals surface area contributed by atoms with E-state index in [-0.39, 0.29) is 23.9 Å². The summed E-state index contributed by atoms with van der Waals surface area (Å²) in [6.45, 7) is 0.297. The zero-order valence-electron chi connectivity index (χ0n) is 13.2. The van der Waals surface area contributed by atoms with Crippen LogP contribution in [0.5, 0.6) is 0 Å². The zero-order valence-corrected chi connectivity index (χ0v) is 13.2. The summed E-state index contributed by atoms with van der Waals surface area (Å²) >= 11 is 0. The Hall–Kier alpha value is -3.49. The summed E-state index contributed by atoms with van der Waals surface area (Å²) in [6.07, 6.45) is 3.50. The molecule has 0 fully saturated rings. The highest BCUT2D eigenvalue weighted by atomic mass is 16.6. The van der Waals surface area contributed by atoms with E-state index >= 15 is 0 Å². The number of hydrogen-bond acceptors (Lipinski definition) is 6. The van der Waals surface area contributed by atoms with E-state index in [1.807, 2.05) is 0 Å². The number of hydrazone groups is 1. The van der Waals surface area contributed by atoms with Crippen LogP contribution in [0.2, 0.25) is 0 Å². The maximum absolute atomic E-state index is 11.9. The third-order valence-corrected chi connectivity index (χ3v) is 3.13. The highest BCUT2D eigenvalue weighted by Gasteiger charge is 2.09. The van der Waals surface area contributed by atoms with Crippen LogP contribution in [0.4, 0.5) is 5.69 Å². The molecule has 1 aromatic carbocycles. The Morgan fingerprint density at radius 2 is 2.00 bits per heavy atom. The van der Waals surface area contributed by atoms with Crippen molar-refractivity contribution in [3.05, 3.63) is 64.1 Å². The summed E-state index contributed by atoms with van der Waals surface area (Å²) in [6, 6.07) is 8.69. The molecular weight excluding hydrogens is 328 g/mol. The van der Waals surface area contributed by atoms with E-state index in [2.05, 4.69) is 15.8 Å². The van der Waals surface area contributed by atoms with Crippen LogP contribution in [0.25, 0.3) is 0 Å². The fraction of sp³-hybridized carbons (Fsp3) is 0.188. The van der Waals surface area contributed by atoms with Crippen molar-refractivity contribution in [2.45, 2.75) is 12.8 Å². The predicted octanol–water partition coefficient (Wildman–Crippen LogP) is 1.85. The standard InChI is InChI=1S/C16H16N4O5/c21-15(19-18-11-14-3-2-10-25-14)4-1-9-17-16(22)12-5-7-13(8-6-12)20(23)24/h2-3,5-8,10-11H,1,4,9H2,(H,17,22)(H,19,21). The molecule has 2 aromatic rings. The molecule has 2 amide bonds. The van der Waals surface area contributed by atoms with Crippen molar-refractivity contribution >= 4 is 23.7 Å². The lowest BCUT2D eigenvalue weighted by atomic mass is 10.2. The van der Waals surface area contributed by atoms with Crippen molar-refractivity contribution in [2.24, 2.45) is 5.10 Å². The molecule has 1 aromatic heterocycles. The molecular formula is C16H16N4O5. The van der Waals surface area contributed by atoms with Crippen LogP contribution in [-0.2, 0) is 4.79 Å². The molecule has 0 bridgehead atoms. The minimum atomic E-state index is -0.533. The van der Waals surface area contributed by atoms with Crippen molar-refractivity contribution in [1.29, 1.82) is 0 Å². The minimum absolute atomic E-state index is 0.0803. The number of hydrogen-bond donors (Lipinski definition) is 2. The summed E-state index contributed by atoms with van der Waals surface area (Å²) in [7, 11) is 0. The number of carbonyl (C=O) groups excluding carboxylic acids is 2. The van der Waals surface area contributed by atoms with E-state index in [1.54, 1.807) is 12.1 Å². The lowest BCUT2D eigenvalue weighted by Gasteiger charge is -2.04. The molecule has 0 aliphatic rings. The largest absolute Gasteiger partial charge is 0.463 e. The lowest BCUT2D eigenvalue weighted by Crippen LogP contribution is -2.26. The van der Waals surface area contributed by atoms with Gasteiger partial charge in [-0.3, -0.25) is 19.7 Å². The third-order valence-electron chi connectivity index (χ3n) is 3.13. The summed E-state index contributed by atoms with van der Waals surface area (Å²) in [4.78, 5) is 33.4. The second-order valence-corrected chi connectivity index (χ2v) is 4.97. The van der Waals surface area contributed by atoms with Crippen LogP contribution in [-0.4, -0.2) is 29.5 Å². The Morgan fingerprint density at radius 3 is 2.64 bits per heavy atom. The van der Waals surface area contributed by atoms with Crippen LogP contribution in [0.1, 0.15) is 29.0 Å². The number of rotatable bonds is 8. The quantitative estimate of drug-likeness (QED) is 0.327. The Morgan fingerprint density at radius 1 is 1.24 bits per heavy atom. The van der Waals surface area contributed by atoms with Crippen molar-refractivity contribution in [3.8, 4) is 0 Å². The first-order valence-electron chi connectivity index (χ1n) is 7.44. The van der Waals surface area contributed by atoms with Gasteiger partial charge in [0.15, 0.2) is 0 Å². The van der Waals surface area contributed by atoms with Gasteiger partial charge in [0.25, 0.3) is 11.6 Å². The summed E-state index contributed by atoms with van der Waals surface area (Å²) in [5.74, 6) is -0.116. The maximum Gasteiger partial charge on any atom is 0.269 e. The van der Waals surface area contributed by atoms with Crippen LogP contribution in [0.3, 0.4) is 0 Å². The summed E-state index contributed by atoms with van der Waals surface area (Å²) in [5.41, 5.74) is 2.59. The van der Waals surface area contributed by atoms with Crippen molar-refractivity contribution in [3.63, 3.8) is 0 Å². The van der Waals surface area contributed by atoms with Gasteiger partial charge < -0.3 is 9.73 Å². The third kappa shape index (κ3) is 5.90. The Balaban J connectivity index is 1.65. The molecule has 0 saturated heterocycles. The average molecular weight is 344 g/mol.